The number of oxazole rings is 1. The van der Waals surface area contributed by atoms with Gasteiger partial charge >= 0.3 is 0 Å². The molecule has 0 bridgehead atoms. The van der Waals surface area contributed by atoms with Crippen molar-refractivity contribution >= 4 is 68.2 Å². The molecule has 28 heavy (non-hydrogen) atoms. The molecule has 0 radical (unpaired) electrons. The molecule has 0 aliphatic rings. The summed E-state index contributed by atoms with van der Waals surface area (Å²) in [6, 6.07) is 18.9. The Morgan fingerprint density at radius 3 is 2.71 bits per heavy atom. The van der Waals surface area contributed by atoms with Gasteiger partial charge in [-0.05, 0) is 60.2 Å². The second-order valence-corrected chi connectivity index (χ2v) is 7.75. The van der Waals surface area contributed by atoms with Gasteiger partial charge in [-0.1, -0.05) is 57.3 Å². The van der Waals surface area contributed by atoms with Crippen molar-refractivity contribution in [3.8, 4) is 11.5 Å². The minimum atomic E-state index is 0.451. The van der Waals surface area contributed by atoms with Crippen molar-refractivity contribution < 1.29 is 4.42 Å². The summed E-state index contributed by atoms with van der Waals surface area (Å²) in [5.41, 5.74) is 3.96. The van der Waals surface area contributed by atoms with Crippen molar-refractivity contribution in [3.05, 3.63) is 86.8 Å². The zero-order valence-corrected chi connectivity index (χ0v) is 17.5. The maximum absolute atomic E-state index is 6.25. The predicted molar refractivity (Wildman–Crippen MR) is 121 cm³/mol. The summed E-state index contributed by atoms with van der Waals surface area (Å²) >= 11 is 15.7. The van der Waals surface area contributed by atoms with Crippen molar-refractivity contribution in [2.24, 2.45) is 4.99 Å². The molecule has 1 aromatic heterocycles. The minimum absolute atomic E-state index is 0.451. The van der Waals surface area contributed by atoms with Gasteiger partial charge in [0.15, 0.2) is 5.58 Å². The van der Waals surface area contributed by atoms with E-state index in [0.717, 1.165) is 15.7 Å². The summed E-state index contributed by atoms with van der Waals surface area (Å²) < 4.78 is 6.86. The van der Waals surface area contributed by atoms with Crippen LogP contribution in [0.3, 0.4) is 0 Å². The van der Waals surface area contributed by atoms with E-state index in [4.69, 9.17) is 27.6 Å². The third kappa shape index (κ3) is 4.36. The Bertz CT molecular complexity index is 1210. The molecule has 0 N–H and O–H groups in total. The van der Waals surface area contributed by atoms with Crippen LogP contribution in [0.15, 0.2) is 80.6 Å². The summed E-state index contributed by atoms with van der Waals surface area (Å²) in [6.07, 6.45) is 5.64. The van der Waals surface area contributed by atoms with Gasteiger partial charge in [0.1, 0.15) is 5.52 Å². The van der Waals surface area contributed by atoms with E-state index >= 15 is 0 Å². The van der Waals surface area contributed by atoms with E-state index in [1.54, 1.807) is 24.4 Å². The average Bonchev–Trinajstić information content (AvgIpc) is 3.08. The number of hydrogen-bond acceptors (Lipinski definition) is 3. The Kier molecular flexibility index (Phi) is 5.62. The third-order valence-corrected chi connectivity index (χ3v) is 5.02. The molecule has 0 aliphatic heterocycles. The highest BCUT2D eigenvalue weighted by Crippen LogP contribution is 2.32. The molecule has 0 saturated carbocycles. The van der Waals surface area contributed by atoms with Gasteiger partial charge in [0.05, 0.1) is 16.3 Å². The minimum Gasteiger partial charge on any atom is -0.436 e. The van der Waals surface area contributed by atoms with Crippen LogP contribution < -0.4 is 0 Å². The molecular formula is C22H13BrCl2N2O. The van der Waals surface area contributed by atoms with Crippen molar-refractivity contribution in [1.82, 2.24) is 4.98 Å². The van der Waals surface area contributed by atoms with Gasteiger partial charge in [0.2, 0.25) is 5.89 Å². The number of aliphatic imine (C=N–C) groups is 1. The smallest absolute Gasteiger partial charge is 0.228 e. The second-order valence-electron chi connectivity index (χ2n) is 5.99. The van der Waals surface area contributed by atoms with E-state index in [1.165, 1.54) is 0 Å². The number of aromatic nitrogens is 1. The standard InChI is InChI=1S/C22H13BrCl2N2O/c23-15-5-1-3-14(11-15)4-2-10-26-17-7-9-21-20(13-17)27-22(28-21)18-8-6-16(24)12-19(18)25/h1-13H/b4-2+,26-10?. The van der Waals surface area contributed by atoms with E-state index in [-0.39, 0.29) is 0 Å². The number of rotatable bonds is 4. The highest BCUT2D eigenvalue weighted by atomic mass is 79.9. The van der Waals surface area contributed by atoms with Crippen LogP contribution in [0.25, 0.3) is 28.6 Å². The maximum Gasteiger partial charge on any atom is 0.228 e. The van der Waals surface area contributed by atoms with Crippen molar-refractivity contribution in [1.29, 1.82) is 0 Å². The molecule has 138 valence electrons. The predicted octanol–water partition coefficient (Wildman–Crippen LogP) is 7.98. The number of nitrogens with zero attached hydrogens (tertiary/aromatic N) is 2. The summed E-state index contributed by atoms with van der Waals surface area (Å²) in [6.45, 7) is 0. The highest BCUT2D eigenvalue weighted by Gasteiger charge is 2.12. The third-order valence-electron chi connectivity index (χ3n) is 3.98. The zero-order valence-electron chi connectivity index (χ0n) is 14.4. The lowest BCUT2D eigenvalue weighted by atomic mass is 10.2. The quantitative estimate of drug-likeness (QED) is 0.283. The molecular weight excluding hydrogens is 459 g/mol. The molecule has 6 heteroatoms. The van der Waals surface area contributed by atoms with Gasteiger partial charge in [0, 0.05) is 15.7 Å². The molecule has 0 aliphatic carbocycles. The van der Waals surface area contributed by atoms with Crippen LogP contribution >= 0.6 is 39.1 Å². The van der Waals surface area contributed by atoms with Gasteiger partial charge in [-0.3, -0.25) is 4.99 Å². The Morgan fingerprint density at radius 2 is 1.89 bits per heavy atom. The lowest BCUT2D eigenvalue weighted by Gasteiger charge is -1.98. The second kappa shape index (κ2) is 8.31. The fourth-order valence-corrected chi connectivity index (χ4v) is 3.57. The molecule has 4 rings (SSSR count). The number of halogens is 3. The van der Waals surface area contributed by atoms with Crippen LogP contribution in [0.1, 0.15) is 5.56 Å². The Labute approximate surface area is 180 Å². The summed E-state index contributed by atoms with van der Waals surface area (Å²) in [7, 11) is 0. The summed E-state index contributed by atoms with van der Waals surface area (Å²) in [4.78, 5) is 8.98. The normalized spacial score (nSPS) is 11.8. The van der Waals surface area contributed by atoms with E-state index in [9.17, 15) is 0 Å². The first-order valence-corrected chi connectivity index (χ1v) is 9.96. The SMILES string of the molecule is Clc1ccc(-c2nc3cc(N=C/C=C/c4cccc(Br)c4)ccc3o2)c(Cl)c1. The molecule has 1 heterocycles. The highest BCUT2D eigenvalue weighted by molar-refractivity contribution is 9.10. The van der Waals surface area contributed by atoms with Crippen LogP contribution in [-0.4, -0.2) is 11.2 Å². The topological polar surface area (TPSA) is 38.4 Å². The molecule has 3 aromatic carbocycles. The van der Waals surface area contributed by atoms with Crippen LogP contribution in [0.5, 0.6) is 0 Å². The molecule has 0 spiro atoms. The number of benzene rings is 3. The van der Waals surface area contributed by atoms with Crippen LogP contribution in [0, 0.1) is 0 Å². The van der Waals surface area contributed by atoms with E-state index in [0.29, 0.717) is 32.6 Å². The van der Waals surface area contributed by atoms with E-state index < -0.39 is 0 Å². The van der Waals surface area contributed by atoms with E-state index in [2.05, 4.69) is 25.9 Å². The van der Waals surface area contributed by atoms with E-state index in [1.807, 2.05) is 54.6 Å². The van der Waals surface area contributed by atoms with Crippen LogP contribution in [-0.2, 0) is 0 Å². The molecule has 0 saturated heterocycles. The van der Waals surface area contributed by atoms with Gasteiger partial charge < -0.3 is 4.42 Å². The monoisotopic (exact) mass is 470 g/mol. The fraction of sp³-hybridized carbons (Fsp3) is 0. The van der Waals surface area contributed by atoms with Crippen LogP contribution in [0.2, 0.25) is 10.0 Å². The Balaban J connectivity index is 1.56. The molecule has 0 fully saturated rings. The lowest BCUT2D eigenvalue weighted by molar-refractivity contribution is 0.620. The first kappa shape index (κ1) is 18.9. The van der Waals surface area contributed by atoms with Crippen molar-refractivity contribution in [2.45, 2.75) is 0 Å². The van der Waals surface area contributed by atoms with Gasteiger partial charge in [-0.15, -0.1) is 0 Å². The molecule has 0 atom stereocenters. The summed E-state index contributed by atoms with van der Waals surface area (Å²) in [5.74, 6) is 0.451. The fourth-order valence-electron chi connectivity index (χ4n) is 2.67. The lowest BCUT2D eigenvalue weighted by Crippen LogP contribution is -1.79. The first-order valence-electron chi connectivity index (χ1n) is 8.41. The zero-order chi connectivity index (χ0) is 19.5. The molecule has 0 unspecified atom stereocenters. The number of fused-ring (bicyclic) bond motifs is 1. The van der Waals surface area contributed by atoms with Crippen LogP contribution in [0.4, 0.5) is 5.69 Å². The molecule has 0 amide bonds. The molecule has 3 nitrogen and oxygen atoms in total. The van der Waals surface area contributed by atoms with Crippen molar-refractivity contribution in [2.75, 3.05) is 0 Å². The maximum atomic E-state index is 6.25. The summed E-state index contributed by atoms with van der Waals surface area (Å²) in [5, 5.41) is 1.06. The van der Waals surface area contributed by atoms with Crippen molar-refractivity contribution in [3.63, 3.8) is 0 Å². The Morgan fingerprint density at radius 1 is 1.00 bits per heavy atom. The number of allylic oxidation sites excluding steroid dienone is 1. The van der Waals surface area contributed by atoms with Gasteiger partial charge in [-0.2, -0.15) is 0 Å². The van der Waals surface area contributed by atoms with Gasteiger partial charge in [0.25, 0.3) is 0 Å². The first-order chi connectivity index (χ1) is 13.6. The Hall–Kier alpha value is -2.40. The largest absolute Gasteiger partial charge is 0.436 e. The molecule has 4 aromatic rings. The average molecular weight is 472 g/mol. The van der Waals surface area contributed by atoms with Gasteiger partial charge in [-0.25, -0.2) is 4.98 Å². The number of hydrogen-bond donors (Lipinski definition) is 0.